The van der Waals surface area contributed by atoms with Crippen molar-refractivity contribution in [2.45, 2.75) is 37.5 Å². The van der Waals surface area contributed by atoms with Gasteiger partial charge in [-0.15, -0.1) is 0 Å². The van der Waals surface area contributed by atoms with Crippen molar-refractivity contribution in [3.05, 3.63) is 64.2 Å². The van der Waals surface area contributed by atoms with Gasteiger partial charge in [0.05, 0.1) is 11.8 Å². The number of hydrogen-bond donors (Lipinski definition) is 1. The molecule has 2 fully saturated rings. The van der Waals surface area contributed by atoms with Crippen molar-refractivity contribution in [2.75, 3.05) is 26.2 Å². The van der Waals surface area contributed by atoms with Gasteiger partial charge in [-0.1, -0.05) is 17.7 Å². The second-order valence-electron chi connectivity index (χ2n) is 8.27. The Bertz CT molecular complexity index is 973. The van der Waals surface area contributed by atoms with Crippen molar-refractivity contribution in [3.63, 3.8) is 0 Å². The van der Waals surface area contributed by atoms with Crippen LogP contribution in [0.2, 0.25) is 5.02 Å². The minimum absolute atomic E-state index is 0.0218. The zero-order chi connectivity index (χ0) is 22.9. The zero-order valence-electron chi connectivity index (χ0n) is 17.2. The van der Waals surface area contributed by atoms with E-state index in [9.17, 15) is 22.4 Å². The molecule has 0 spiro atoms. The molecule has 2 saturated heterocycles. The fraction of sp³-hybridized carbons (Fsp3) is 0.455. The van der Waals surface area contributed by atoms with Crippen LogP contribution in [0.15, 0.2) is 36.7 Å². The van der Waals surface area contributed by atoms with E-state index in [1.807, 2.05) is 4.90 Å². The first-order valence-electron chi connectivity index (χ1n) is 10.4. The molecule has 0 radical (unpaired) electrons. The number of piperidine rings is 1. The normalized spacial score (nSPS) is 18.0. The minimum atomic E-state index is -4.42. The summed E-state index contributed by atoms with van der Waals surface area (Å²) in [5.41, 5.74) is 0.676. The molecule has 2 aliphatic rings. The van der Waals surface area contributed by atoms with Crippen LogP contribution in [0.5, 0.6) is 0 Å². The highest BCUT2D eigenvalue weighted by atomic mass is 35.5. The molecular formula is C22H23ClF4N4O. The van der Waals surface area contributed by atoms with Crippen molar-refractivity contribution in [1.29, 1.82) is 0 Å². The summed E-state index contributed by atoms with van der Waals surface area (Å²) < 4.78 is 51.6. The predicted octanol–water partition coefficient (Wildman–Crippen LogP) is 4.67. The molecule has 0 atom stereocenters. The number of nitrogens with zero attached hydrogens (tertiary/aromatic N) is 3. The molecule has 0 saturated carbocycles. The molecule has 4 rings (SSSR count). The minimum Gasteiger partial charge on any atom is -0.325 e. The number of pyridine rings is 1. The average molecular weight is 471 g/mol. The number of alkyl halides is 3. The van der Waals surface area contributed by atoms with Gasteiger partial charge in [-0.25, -0.2) is 9.18 Å². The van der Waals surface area contributed by atoms with E-state index in [-0.39, 0.29) is 28.8 Å². The van der Waals surface area contributed by atoms with E-state index in [4.69, 9.17) is 11.6 Å². The molecule has 0 unspecified atom stereocenters. The maximum atomic E-state index is 13.4. The van der Waals surface area contributed by atoms with E-state index < -0.39 is 11.7 Å². The summed E-state index contributed by atoms with van der Waals surface area (Å²) in [4.78, 5) is 20.2. The van der Waals surface area contributed by atoms with Crippen LogP contribution < -0.4 is 5.32 Å². The second-order valence-corrected chi connectivity index (χ2v) is 8.67. The van der Waals surface area contributed by atoms with E-state index in [1.54, 1.807) is 11.1 Å². The van der Waals surface area contributed by atoms with Gasteiger partial charge in [-0.05, 0) is 48.1 Å². The molecule has 32 heavy (non-hydrogen) atoms. The molecule has 1 aromatic carbocycles. The van der Waals surface area contributed by atoms with Crippen molar-refractivity contribution in [2.24, 2.45) is 0 Å². The first-order valence-corrected chi connectivity index (χ1v) is 10.8. The molecule has 5 nitrogen and oxygen atoms in total. The second kappa shape index (κ2) is 9.23. The zero-order valence-corrected chi connectivity index (χ0v) is 18.0. The fourth-order valence-electron chi connectivity index (χ4n) is 4.14. The van der Waals surface area contributed by atoms with E-state index in [2.05, 4.69) is 10.3 Å². The van der Waals surface area contributed by atoms with Crippen molar-refractivity contribution in [1.82, 2.24) is 20.1 Å². The Morgan fingerprint density at radius 2 is 1.84 bits per heavy atom. The number of hydrogen-bond acceptors (Lipinski definition) is 3. The SMILES string of the molecule is O=C(N1CCC(c2cncc(F)c2)CC1)N1CC(NCc2ccc(C(F)(F)F)cc2Cl)C1. The highest BCUT2D eigenvalue weighted by molar-refractivity contribution is 6.31. The van der Waals surface area contributed by atoms with E-state index >= 15 is 0 Å². The molecular weight excluding hydrogens is 448 g/mol. The summed E-state index contributed by atoms with van der Waals surface area (Å²) in [6.07, 6.45) is -0.0352. The lowest BCUT2D eigenvalue weighted by Gasteiger charge is -2.44. The van der Waals surface area contributed by atoms with Gasteiger partial charge in [0.15, 0.2) is 0 Å². The Kier molecular flexibility index (Phi) is 6.57. The number of halogens is 5. The average Bonchev–Trinajstić information content (AvgIpc) is 2.72. The molecule has 3 heterocycles. The molecule has 1 N–H and O–H groups in total. The summed E-state index contributed by atoms with van der Waals surface area (Å²) in [6.45, 7) is 2.61. The Balaban J connectivity index is 1.21. The topological polar surface area (TPSA) is 48.5 Å². The molecule has 0 aliphatic carbocycles. The Morgan fingerprint density at radius 3 is 2.47 bits per heavy atom. The molecule has 172 valence electrons. The number of amides is 2. The van der Waals surface area contributed by atoms with Gasteiger partial charge in [0.2, 0.25) is 0 Å². The first kappa shape index (κ1) is 22.8. The summed E-state index contributed by atoms with van der Waals surface area (Å²) in [6, 6.07) is 4.86. The lowest BCUT2D eigenvalue weighted by atomic mass is 9.90. The summed E-state index contributed by atoms with van der Waals surface area (Å²) in [5.74, 6) is -0.153. The standard InChI is InChI=1S/C22H23ClF4N4O/c23-20-8-17(22(25,26)27)2-1-15(20)10-29-19-12-31(13-19)21(32)30-5-3-14(4-6-30)16-7-18(24)11-28-9-16/h1-2,7-9,11,14,19,29H,3-6,10,12-13H2. The van der Waals surface area contributed by atoms with Gasteiger partial charge >= 0.3 is 12.2 Å². The first-order chi connectivity index (χ1) is 15.2. The van der Waals surface area contributed by atoms with Crippen LogP contribution in [0.1, 0.15) is 35.4 Å². The van der Waals surface area contributed by atoms with Crippen LogP contribution in [-0.4, -0.2) is 53.0 Å². The molecule has 2 aromatic rings. The van der Waals surface area contributed by atoms with Crippen LogP contribution in [-0.2, 0) is 12.7 Å². The van der Waals surface area contributed by atoms with Crippen molar-refractivity contribution >= 4 is 17.6 Å². The summed E-state index contributed by atoms with van der Waals surface area (Å²) in [5, 5.41) is 3.30. The number of nitrogens with one attached hydrogen (secondary N) is 1. The lowest BCUT2D eigenvalue weighted by Crippen LogP contribution is -2.62. The van der Waals surface area contributed by atoms with E-state index in [0.717, 1.165) is 30.5 Å². The third-order valence-corrected chi connectivity index (χ3v) is 6.43. The quantitative estimate of drug-likeness (QED) is 0.661. The van der Waals surface area contributed by atoms with E-state index in [0.29, 0.717) is 38.3 Å². The third kappa shape index (κ3) is 5.15. The molecule has 0 bridgehead atoms. The van der Waals surface area contributed by atoms with Crippen LogP contribution in [0, 0.1) is 5.82 Å². The molecule has 1 aromatic heterocycles. The van der Waals surface area contributed by atoms with Crippen LogP contribution in [0.4, 0.5) is 22.4 Å². The Labute approximate surface area is 188 Å². The molecule has 2 aliphatic heterocycles. The highest BCUT2D eigenvalue weighted by Crippen LogP contribution is 2.32. The van der Waals surface area contributed by atoms with E-state index in [1.165, 1.54) is 18.3 Å². The Morgan fingerprint density at radius 1 is 1.12 bits per heavy atom. The number of aromatic nitrogens is 1. The predicted molar refractivity (Wildman–Crippen MR) is 112 cm³/mol. The van der Waals surface area contributed by atoms with Crippen molar-refractivity contribution in [3.8, 4) is 0 Å². The maximum Gasteiger partial charge on any atom is 0.416 e. The summed E-state index contributed by atoms with van der Waals surface area (Å²) >= 11 is 5.99. The fourth-order valence-corrected chi connectivity index (χ4v) is 4.39. The number of benzene rings is 1. The summed E-state index contributed by atoms with van der Waals surface area (Å²) in [7, 11) is 0. The Hall–Kier alpha value is -2.39. The lowest BCUT2D eigenvalue weighted by molar-refractivity contribution is -0.137. The van der Waals surface area contributed by atoms with Crippen LogP contribution >= 0.6 is 11.6 Å². The number of carbonyl (C=O) groups is 1. The van der Waals surface area contributed by atoms with Gasteiger partial charge in [0, 0.05) is 50.0 Å². The maximum absolute atomic E-state index is 13.4. The van der Waals surface area contributed by atoms with Gasteiger partial charge < -0.3 is 15.1 Å². The number of rotatable bonds is 4. The number of urea groups is 1. The smallest absolute Gasteiger partial charge is 0.325 e. The largest absolute Gasteiger partial charge is 0.416 e. The molecule has 10 heteroatoms. The third-order valence-electron chi connectivity index (χ3n) is 6.08. The van der Waals surface area contributed by atoms with Gasteiger partial charge in [0.25, 0.3) is 0 Å². The van der Waals surface area contributed by atoms with Crippen LogP contribution in [0.3, 0.4) is 0 Å². The number of likely N-dealkylation sites (tertiary alicyclic amines) is 2. The van der Waals surface area contributed by atoms with Gasteiger partial charge in [-0.3, -0.25) is 4.98 Å². The van der Waals surface area contributed by atoms with Gasteiger partial charge in [0.1, 0.15) is 5.82 Å². The van der Waals surface area contributed by atoms with Gasteiger partial charge in [-0.2, -0.15) is 13.2 Å². The monoisotopic (exact) mass is 470 g/mol. The van der Waals surface area contributed by atoms with Crippen molar-refractivity contribution < 1.29 is 22.4 Å². The van der Waals surface area contributed by atoms with Crippen LogP contribution in [0.25, 0.3) is 0 Å². The molecule has 2 amide bonds. The highest BCUT2D eigenvalue weighted by Gasteiger charge is 2.35. The number of carbonyl (C=O) groups excluding carboxylic acids is 1.